The van der Waals surface area contributed by atoms with E-state index in [1.165, 1.54) is 65.9 Å². The van der Waals surface area contributed by atoms with E-state index in [4.69, 9.17) is 4.42 Å². The predicted octanol–water partition coefficient (Wildman–Crippen LogP) is 16.8. The average molecular weight is 778 g/mol. The van der Waals surface area contributed by atoms with Crippen LogP contribution in [0.25, 0.3) is 72.0 Å². The van der Waals surface area contributed by atoms with Gasteiger partial charge in [-0.3, -0.25) is 0 Å². The molecule has 0 atom stereocenters. The quantitative estimate of drug-likeness (QED) is 0.167. The number of fused-ring (bicyclic) bond motifs is 5. The molecule has 0 radical (unpaired) electrons. The van der Waals surface area contributed by atoms with Gasteiger partial charge in [0.25, 0.3) is 0 Å². The highest BCUT2D eigenvalue weighted by Crippen LogP contribution is 2.47. The van der Waals surface area contributed by atoms with Gasteiger partial charge in [-0.15, -0.1) is 0 Å². The summed E-state index contributed by atoms with van der Waals surface area (Å²) in [6.45, 7) is 13.9. The number of para-hydroxylation sites is 2. The van der Waals surface area contributed by atoms with Crippen LogP contribution < -0.4 is 4.90 Å². The van der Waals surface area contributed by atoms with Crippen molar-refractivity contribution >= 4 is 55.7 Å². The van der Waals surface area contributed by atoms with E-state index in [9.17, 15) is 0 Å². The van der Waals surface area contributed by atoms with Gasteiger partial charge in [0.1, 0.15) is 11.3 Å². The summed E-state index contributed by atoms with van der Waals surface area (Å²) in [5.74, 6) is 0.987. The second-order valence-electron chi connectivity index (χ2n) is 18.5. The SMILES string of the molecule is CC(C)(C)c1cc(-c2cccc3cccc(-c4ccccc4N(c4cccc(-c5cccc6c7c(oc56)C=CCC7)c4)c4ccc5ccccc5c4)c23)cc(C(C)(C)C)c1. The Labute approximate surface area is 354 Å². The zero-order chi connectivity index (χ0) is 41.2. The van der Waals surface area contributed by atoms with Gasteiger partial charge in [-0.1, -0.05) is 181 Å². The number of benzene rings is 8. The molecule has 10 rings (SSSR count). The number of hydrogen-bond donors (Lipinski definition) is 0. The summed E-state index contributed by atoms with van der Waals surface area (Å²) in [5, 5.41) is 6.11. The highest BCUT2D eigenvalue weighted by Gasteiger charge is 2.24. The van der Waals surface area contributed by atoms with Crippen molar-refractivity contribution in [3.05, 3.63) is 192 Å². The van der Waals surface area contributed by atoms with Crippen LogP contribution in [0.1, 0.15) is 70.4 Å². The van der Waals surface area contributed by atoms with Crippen LogP contribution in [-0.2, 0) is 17.3 Å². The molecule has 1 aromatic heterocycles. The van der Waals surface area contributed by atoms with Crippen LogP contribution in [0.4, 0.5) is 17.1 Å². The highest BCUT2D eigenvalue weighted by atomic mass is 16.3. The van der Waals surface area contributed by atoms with Crippen molar-refractivity contribution in [1.29, 1.82) is 0 Å². The smallest absolute Gasteiger partial charge is 0.142 e. The minimum atomic E-state index is 0.00377. The van der Waals surface area contributed by atoms with Crippen molar-refractivity contribution in [1.82, 2.24) is 0 Å². The van der Waals surface area contributed by atoms with Crippen molar-refractivity contribution in [2.45, 2.75) is 65.2 Å². The molecule has 8 aromatic carbocycles. The summed E-state index contributed by atoms with van der Waals surface area (Å²) in [4.78, 5) is 2.45. The third kappa shape index (κ3) is 6.71. The van der Waals surface area contributed by atoms with Gasteiger partial charge in [0, 0.05) is 33.5 Å². The zero-order valence-corrected chi connectivity index (χ0v) is 35.5. The molecule has 294 valence electrons. The Bertz CT molecular complexity index is 3090. The molecule has 0 fully saturated rings. The first-order valence-electron chi connectivity index (χ1n) is 21.4. The summed E-state index contributed by atoms with van der Waals surface area (Å²) >= 11 is 0. The largest absolute Gasteiger partial charge is 0.456 e. The number of hydrogen-bond acceptors (Lipinski definition) is 2. The van der Waals surface area contributed by atoms with E-state index in [0.29, 0.717) is 0 Å². The predicted molar refractivity (Wildman–Crippen MR) is 257 cm³/mol. The minimum absolute atomic E-state index is 0.00377. The lowest BCUT2D eigenvalue weighted by atomic mass is 9.78. The Morgan fingerprint density at radius 1 is 0.483 bits per heavy atom. The van der Waals surface area contributed by atoms with Crippen LogP contribution in [-0.4, -0.2) is 0 Å². The van der Waals surface area contributed by atoms with Crippen molar-refractivity contribution < 1.29 is 4.42 Å². The fourth-order valence-corrected chi connectivity index (χ4v) is 9.13. The first-order chi connectivity index (χ1) is 29.0. The monoisotopic (exact) mass is 777 g/mol. The van der Waals surface area contributed by atoms with Gasteiger partial charge in [-0.2, -0.15) is 0 Å². The molecule has 0 unspecified atom stereocenters. The molecule has 1 aliphatic carbocycles. The van der Waals surface area contributed by atoms with Gasteiger partial charge < -0.3 is 9.32 Å². The lowest BCUT2D eigenvalue weighted by Crippen LogP contribution is -2.16. The Hall–Kier alpha value is -6.64. The Balaban J connectivity index is 1.20. The number of furan rings is 1. The maximum Gasteiger partial charge on any atom is 0.142 e. The van der Waals surface area contributed by atoms with Crippen LogP contribution in [0, 0.1) is 0 Å². The van der Waals surface area contributed by atoms with Gasteiger partial charge in [0.15, 0.2) is 0 Å². The molecule has 0 saturated heterocycles. The van der Waals surface area contributed by atoms with Crippen molar-refractivity contribution in [2.24, 2.45) is 0 Å². The minimum Gasteiger partial charge on any atom is -0.456 e. The van der Waals surface area contributed by atoms with Crippen LogP contribution in [0.2, 0.25) is 0 Å². The number of aryl methyl sites for hydroxylation is 1. The summed E-state index contributed by atoms with van der Waals surface area (Å²) in [6.07, 6.45) is 6.40. The molecule has 0 amide bonds. The molecular weight excluding hydrogens is 727 g/mol. The van der Waals surface area contributed by atoms with Gasteiger partial charge in [-0.25, -0.2) is 0 Å². The van der Waals surface area contributed by atoms with E-state index in [-0.39, 0.29) is 10.8 Å². The van der Waals surface area contributed by atoms with Gasteiger partial charge >= 0.3 is 0 Å². The van der Waals surface area contributed by atoms with E-state index in [1.807, 2.05) is 0 Å². The summed E-state index contributed by atoms with van der Waals surface area (Å²) in [7, 11) is 0. The van der Waals surface area contributed by atoms with Crippen LogP contribution in [0.15, 0.2) is 174 Å². The molecule has 1 heterocycles. The van der Waals surface area contributed by atoms with Crippen LogP contribution in [0.3, 0.4) is 0 Å². The molecule has 0 N–H and O–H groups in total. The molecule has 0 bridgehead atoms. The first kappa shape index (κ1) is 37.6. The number of allylic oxidation sites excluding steroid dienone is 1. The van der Waals surface area contributed by atoms with E-state index >= 15 is 0 Å². The fourth-order valence-electron chi connectivity index (χ4n) is 9.13. The standard InChI is InChI=1S/C58H51NO/c1-57(2,3)43-33-42(34-44(37-43)58(4,5)6)47-25-14-19-39-20-15-27-51(55(39)47)49-23-9-11-29-53(49)59(46-32-31-38-17-7-8-18-40(38)35-46)45-22-13-21-41(36-45)48-26-16-28-52-50-24-10-12-30-54(50)60-56(48)52/h7-9,11-23,25-37H,10,24H2,1-6H3. The Morgan fingerprint density at radius 2 is 1.12 bits per heavy atom. The molecule has 1 aliphatic rings. The first-order valence-corrected chi connectivity index (χ1v) is 21.4. The second kappa shape index (κ2) is 14.6. The second-order valence-corrected chi connectivity index (χ2v) is 18.5. The van der Waals surface area contributed by atoms with E-state index in [2.05, 4.69) is 222 Å². The lowest BCUT2D eigenvalue weighted by Gasteiger charge is -2.29. The summed E-state index contributed by atoms with van der Waals surface area (Å²) < 4.78 is 6.61. The highest BCUT2D eigenvalue weighted by molar-refractivity contribution is 6.09. The molecule has 2 heteroatoms. The van der Waals surface area contributed by atoms with Gasteiger partial charge in [-0.05, 0) is 115 Å². The van der Waals surface area contributed by atoms with E-state index < -0.39 is 0 Å². The lowest BCUT2D eigenvalue weighted by molar-refractivity contribution is 0.569. The maximum absolute atomic E-state index is 6.61. The number of rotatable bonds is 6. The van der Waals surface area contributed by atoms with E-state index in [0.717, 1.165) is 52.4 Å². The maximum atomic E-state index is 6.61. The molecular formula is C58H51NO. The Kier molecular flexibility index (Phi) is 9.14. The van der Waals surface area contributed by atoms with Crippen LogP contribution in [0.5, 0.6) is 0 Å². The zero-order valence-electron chi connectivity index (χ0n) is 35.5. The molecule has 2 nitrogen and oxygen atoms in total. The van der Waals surface area contributed by atoms with Crippen molar-refractivity contribution in [3.8, 4) is 33.4 Å². The molecule has 0 spiro atoms. The summed E-state index contributed by atoms with van der Waals surface area (Å²) in [6, 6.07) is 60.8. The van der Waals surface area contributed by atoms with Gasteiger partial charge in [0.05, 0.1) is 5.69 Å². The number of nitrogens with zero attached hydrogens (tertiary/aromatic N) is 1. The fraction of sp³-hybridized carbons (Fsp3) is 0.172. The molecule has 0 aliphatic heterocycles. The van der Waals surface area contributed by atoms with Gasteiger partial charge in [0.2, 0.25) is 0 Å². The Morgan fingerprint density at radius 3 is 1.90 bits per heavy atom. The molecule has 0 saturated carbocycles. The van der Waals surface area contributed by atoms with E-state index in [1.54, 1.807) is 0 Å². The summed E-state index contributed by atoms with van der Waals surface area (Å²) in [5.41, 5.74) is 15.4. The van der Waals surface area contributed by atoms with Crippen LogP contribution >= 0.6 is 0 Å². The third-order valence-electron chi connectivity index (χ3n) is 12.4. The average Bonchev–Trinajstić information content (AvgIpc) is 3.65. The molecule has 60 heavy (non-hydrogen) atoms. The normalized spacial score (nSPS) is 13.0. The topological polar surface area (TPSA) is 16.4 Å². The third-order valence-corrected chi connectivity index (χ3v) is 12.4. The number of anilines is 3. The van der Waals surface area contributed by atoms with Crippen molar-refractivity contribution in [3.63, 3.8) is 0 Å². The molecule has 9 aromatic rings. The van der Waals surface area contributed by atoms with Crippen molar-refractivity contribution in [2.75, 3.05) is 4.90 Å².